The largest absolute Gasteiger partial charge is 0.469 e. The zero-order chi connectivity index (χ0) is 23.0. The molecule has 1 heterocycles. The fourth-order valence-electron chi connectivity index (χ4n) is 4.41. The number of methoxy groups -OCH3 is 2. The minimum atomic E-state index is -0.309. The molecule has 0 aromatic heterocycles. The first-order chi connectivity index (χ1) is 15.4. The molecular weight excluding hydrogens is 404 g/mol. The lowest BCUT2D eigenvalue weighted by Crippen LogP contribution is -2.46. The number of nitrogens with zero attached hydrogens (tertiary/aromatic N) is 2. The van der Waals surface area contributed by atoms with Gasteiger partial charge >= 0.3 is 11.9 Å². The van der Waals surface area contributed by atoms with Gasteiger partial charge in [0.15, 0.2) is 0 Å². The van der Waals surface area contributed by atoms with Gasteiger partial charge in [-0.3, -0.25) is 9.69 Å². The van der Waals surface area contributed by atoms with Gasteiger partial charge in [-0.1, -0.05) is 37.3 Å². The van der Waals surface area contributed by atoms with Gasteiger partial charge in [0, 0.05) is 37.3 Å². The molecule has 0 aliphatic carbocycles. The zero-order valence-electron chi connectivity index (χ0n) is 19.4. The van der Waals surface area contributed by atoms with E-state index in [2.05, 4.69) is 28.9 Å². The number of hydrogen-bond donors (Lipinski definition) is 0. The Bertz CT molecular complexity index is 876. The average Bonchev–Trinajstić information content (AvgIpc) is 2.84. The summed E-state index contributed by atoms with van der Waals surface area (Å²) in [4.78, 5) is 28.5. The van der Waals surface area contributed by atoms with Gasteiger partial charge in [0.05, 0.1) is 26.2 Å². The second-order valence-corrected chi connectivity index (χ2v) is 8.65. The quantitative estimate of drug-likeness (QED) is 0.554. The second-order valence-electron chi connectivity index (χ2n) is 8.65. The van der Waals surface area contributed by atoms with E-state index in [-0.39, 0.29) is 17.4 Å². The number of anilines is 1. The Morgan fingerprint density at radius 1 is 0.906 bits per heavy atom. The summed E-state index contributed by atoms with van der Waals surface area (Å²) in [6.45, 7) is 7.08. The summed E-state index contributed by atoms with van der Waals surface area (Å²) < 4.78 is 9.73. The smallest absolute Gasteiger partial charge is 0.337 e. The molecular formula is C26H34N2O4. The van der Waals surface area contributed by atoms with E-state index in [0.717, 1.165) is 51.3 Å². The van der Waals surface area contributed by atoms with Crippen LogP contribution in [0.4, 0.5) is 5.69 Å². The lowest BCUT2D eigenvalue weighted by Gasteiger charge is -2.37. The summed E-state index contributed by atoms with van der Waals surface area (Å²) in [5.74, 6) is -0.473. The summed E-state index contributed by atoms with van der Waals surface area (Å²) >= 11 is 0. The fourth-order valence-corrected chi connectivity index (χ4v) is 4.41. The molecule has 1 aliphatic heterocycles. The van der Waals surface area contributed by atoms with Crippen molar-refractivity contribution in [2.75, 3.05) is 51.8 Å². The van der Waals surface area contributed by atoms with Gasteiger partial charge in [-0.25, -0.2) is 4.79 Å². The van der Waals surface area contributed by atoms with E-state index in [0.29, 0.717) is 12.0 Å². The molecule has 6 heteroatoms. The molecule has 0 radical (unpaired) electrons. The predicted molar refractivity (Wildman–Crippen MR) is 126 cm³/mol. The van der Waals surface area contributed by atoms with Crippen molar-refractivity contribution in [3.8, 4) is 0 Å². The molecule has 0 amide bonds. The molecule has 0 saturated carbocycles. The van der Waals surface area contributed by atoms with Crippen molar-refractivity contribution < 1.29 is 19.1 Å². The van der Waals surface area contributed by atoms with Gasteiger partial charge in [0.1, 0.15) is 0 Å². The van der Waals surface area contributed by atoms with Crippen LogP contribution in [0.25, 0.3) is 0 Å². The van der Waals surface area contributed by atoms with Gasteiger partial charge in [0.2, 0.25) is 0 Å². The molecule has 1 saturated heterocycles. The Morgan fingerprint density at radius 2 is 1.56 bits per heavy atom. The van der Waals surface area contributed by atoms with Crippen LogP contribution in [0, 0.1) is 0 Å². The third-order valence-electron chi connectivity index (χ3n) is 6.46. The fraction of sp³-hybridized carbons (Fsp3) is 0.462. The molecule has 32 heavy (non-hydrogen) atoms. The molecule has 2 aromatic rings. The van der Waals surface area contributed by atoms with E-state index in [1.165, 1.54) is 19.8 Å². The molecule has 3 rings (SSSR count). The van der Waals surface area contributed by atoms with Gasteiger partial charge in [-0.05, 0) is 49.2 Å². The number of ether oxygens (including phenoxy) is 2. The highest BCUT2D eigenvalue weighted by Gasteiger charge is 2.30. The summed E-state index contributed by atoms with van der Waals surface area (Å²) in [5, 5.41) is 0. The molecule has 1 atom stereocenters. The third-order valence-corrected chi connectivity index (χ3v) is 6.46. The summed E-state index contributed by atoms with van der Waals surface area (Å²) in [6, 6.07) is 17.9. The van der Waals surface area contributed by atoms with Crippen molar-refractivity contribution in [1.29, 1.82) is 0 Å². The van der Waals surface area contributed by atoms with Crippen LogP contribution >= 0.6 is 0 Å². The molecule has 0 bridgehead atoms. The van der Waals surface area contributed by atoms with Gasteiger partial charge < -0.3 is 14.4 Å². The Hall–Kier alpha value is -2.86. The van der Waals surface area contributed by atoms with Crippen molar-refractivity contribution in [1.82, 2.24) is 4.90 Å². The van der Waals surface area contributed by atoms with Crippen LogP contribution in [-0.2, 0) is 19.7 Å². The number of carbonyl (C=O) groups excluding carboxylic acids is 2. The molecule has 172 valence electrons. The molecule has 1 aliphatic rings. The third kappa shape index (κ3) is 6.10. The number of carbonyl (C=O) groups is 2. The van der Waals surface area contributed by atoms with E-state index < -0.39 is 0 Å². The zero-order valence-corrected chi connectivity index (χ0v) is 19.4. The lowest BCUT2D eigenvalue weighted by molar-refractivity contribution is -0.142. The van der Waals surface area contributed by atoms with Crippen LogP contribution in [-0.4, -0.2) is 63.8 Å². The number of esters is 2. The number of benzene rings is 2. The predicted octanol–water partition coefficient (Wildman–Crippen LogP) is 3.90. The second kappa shape index (κ2) is 11.1. The van der Waals surface area contributed by atoms with Crippen LogP contribution in [0.2, 0.25) is 0 Å². The first-order valence-corrected chi connectivity index (χ1v) is 11.2. The lowest BCUT2D eigenvalue weighted by atomic mass is 9.76. The molecule has 1 unspecified atom stereocenters. The van der Waals surface area contributed by atoms with Gasteiger partial charge in [-0.15, -0.1) is 0 Å². The van der Waals surface area contributed by atoms with Crippen molar-refractivity contribution in [2.45, 2.75) is 31.6 Å². The van der Waals surface area contributed by atoms with E-state index >= 15 is 0 Å². The van der Waals surface area contributed by atoms with Crippen LogP contribution < -0.4 is 4.90 Å². The summed E-state index contributed by atoms with van der Waals surface area (Å²) in [5.41, 5.74) is 2.67. The molecule has 0 spiro atoms. The van der Waals surface area contributed by atoms with E-state index in [4.69, 9.17) is 9.47 Å². The van der Waals surface area contributed by atoms with E-state index in [1.807, 2.05) is 42.5 Å². The first-order valence-electron chi connectivity index (χ1n) is 11.2. The topological polar surface area (TPSA) is 59.1 Å². The Balaban J connectivity index is 1.50. The average molecular weight is 439 g/mol. The Morgan fingerprint density at radius 3 is 2.16 bits per heavy atom. The van der Waals surface area contributed by atoms with Crippen LogP contribution in [0.5, 0.6) is 0 Å². The van der Waals surface area contributed by atoms with Crippen molar-refractivity contribution in [2.24, 2.45) is 0 Å². The molecule has 0 N–H and O–H groups in total. The van der Waals surface area contributed by atoms with Crippen LogP contribution in [0.1, 0.15) is 42.1 Å². The van der Waals surface area contributed by atoms with Crippen molar-refractivity contribution in [3.05, 3.63) is 65.7 Å². The van der Waals surface area contributed by atoms with Gasteiger partial charge in [0.25, 0.3) is 0 Å². The maximum absolute atomic E-state index is 12.0. The van der Waals surface area contributed by atoms with E-state index in [9.17, 15) is 9.59 Å². The SMILES string of the molecule is COC(=O)CC(C)(CCCN1CCN(c2ccc(C(=O)OC)cc2)CC1)c1ccccc1. The summed E-state index contributed by atoms with van der Waals surface area (Å²) in [6.07, 6.45) is 2.35. The normalized spacial score (nSPS) is 16.3. The monoisotopic (exact) mass is 438 g/mol. The Kier molecular flexibility index (Phi) is 8.28. The minimum absolute atomic E-state index is 0.164. The summed E-state index contributed by atoms with van der Waals surface area (Å²) in [7, 11) is 2.85. The number of hydrogen-bond acceptors (Lipinski definition) is 6. The molecule has 2 aromatic carbocycles. The number of rotatable bonds is 9. The van der Waals surface area contributed by atoms with Crippen LogP contribution in [0.3, 0.4) is 0 Å². The molecule has 1 fully saturated rings. The molecule has 6 nitrogen and oxygen atoms in total. The first kappa shape index (κ1) is 23.8. The standard InChI is InChI=1S/C26H34N2O4/c1-26(20-24(29)31-2,22-8-5-4-6-9-22)14-7-15-27-16-18-28(19-17-27)23-12-10-21(11-13-23)25(30)32-3/h4-6,8-13H,7,14-20H2,1-3H3. The highest BCUT2D eigenvalue weighted by molar-refractivity contribution is 5.89. The maximum Gasteiger partial charge on any atom is 0.337 e. The highest BCUT2D eigenvalue weighted by Crippen LogP contribution is 2.33. The van der Waals surface area contributed by atoms with Crippen LogP contribution in [0.15, 0.2) is 54.6 Å². The van der Waals surface area contributed by atoms with Crippen molar-refractivity contribution >= 4 is 17.6 Å². The maximum atomic E-state index is 12.0. The van der Waals surface area contributed by atoms with Crippen molar-refractivity contribution in [3.63, 3.8) is 0 Å². The number of piperazine rings is 1. The van der Waals surface area contributed by atoms with Gasteiger partial charge in [-0.2, -0.15) is 0 Å². The Labute approximate surface area is 191 Å². The minimum Gasteiger partial charge on any atom is -0.469 e. The highest BCUT2D eigenvalue weighted by atomic mass is 16.5. The van der Waals surface area contributed by atoms with E-state index in [1.54, 1.807) is 0 Å².